The third-order valence-corrected chi connectivity index (χ3v) is 7.99. The molecule has 0 saturated heterocycles. The van der Waals surface area contributed by atoms with Crippen molar-refractivity contribution in [1.82, 2.24) is 20.6 Å². The van der Waals surface area contributed by atoms with Crippen LogP contribution in [0.15, 0.2) is 71.7 Å². The van der Waals surface area contributed by atoms with Gasteiger partial charge in [0.15, 0.2) is 0 Å². The second kappa shape index (κ2) is 10.7. The predicted molar refractivity (Wildman–Crippen MR) is 144 cm³/mol. The molecule has 0 spiro atoms. The Labute approximate surface area is 215 Å². The Morgan fingerprint density at radius 1 is 1.11 bits per heavy atom. The molecule has 1 fully saturated rings. The van der Waals surface area contributed by atoms with E-state index in [0.29, 0.717) is 17.9 Å². The molecule has 0 radical (unpaired) electrons. The summed E-state index contributed by atoms with van der Waals surface area (Å²) >= 11 is 1.46. The number of aromatic nitrogens is 2. The lowest BCUT2D eigenvalue weighted by atomic mass is 9.81. The molecule has 186 valence electrons. The van der Waals surface area contributed by atoms with E-state index in [4.69, 9.17) is 0 Å². The normalized spacial score (nSPS) is 16.8. The highest BCUT2D eigenvalue weighted by atomic mass is 32.1. The fraction of sp³-hybridized carbons (Fsp3) is 0.345. The summed E-state index contributed by atoms with van der Waals surface area (Å²) in [6.07, 6.45) is 9.73. The topological polar surface area (TPSA) is 86.9 Å². The number of pyridine rings is 1. The molecule has 3 N–H and O–H groups in total. The van der Waals surface area contributed by atoms with Crippen LogP contribution in [0.3, 0.4) is 0 Å². The molecule has 5 rings (SSSR count). The average Bonchev–Trinajstić information content (AvgIpc) is 3.59. The van der Waals surface area contributed by atoms with Gasteiger partial charge in [0.05, 0.1) is 17.3 Å². The SMILES string of the molecule is CC(Cc1c[nH]c2ccccc12)(NC(=O)c1ccsc1)C(=O)N[C@H](c1ccccn1)C1CCCCC1. The summed E-state index contributed by atoms with van der Waals surface area (Å²) in [5, 5.41) is 11.1. The molecule has 7 heteroatoms. The molecule has 1 saturated carbocycles. The van der Waals surface area contributed by atoms with Gasteiger partial charge in [-0.25, -0.2) is 0 Å². The molecule has 0 bridgehead atoms. The maximum atomic E-state index is 14.1. The van der Waals surface area contributed by atoms with Crippen LogP contribution < -0.4 is 10.6 Å². The molecular weight excluding hydrogens is 468 g/mol. The lowest BCUT2D eigenvalue weighted by molar-refractivity contribution is -0.128. The molecule has 6 nitrogen and oxygen atoms in total. The largest absolute Gasteiger partial charge is 0.361 e. The third kappa shape index (κ3) is 5.21. The van der Waals surface area contributed by atoms with E-state index in [9.17, 15) is 9.59 Å². The minimum atomic E-state index is -1.16. The number of nitrogens with zero attached hydrogens (tertiary/aromatic N) is 1. The Balaban J connectivity index is 1.47. The van der Waals surface area contributed by atoms with Crippen LogP contribution in [0.1, 0.15) is 66.7 Å². The first kappa shape index (κ1) is 24.3. The molecule has 1 aliphatic carbocycles. The van der Waals surface area contributed by atoms with Gasteiger partial charge in [0.1, 0.15) is 5.54 Å². The molecule has 0 aliphatic heterocycles. The highest BCUT2D eigenvalue weighted by molar-refractivity contribution is 7.08. The van der Waals surface area contributed by atoms with Crippen molar-refractivity contribution in [1.29, 1.82) is 0 Å². The minimum absolute atomic E-state index is 0.195. The van der Waals surface area contributed by atoms with Gasteiger partial charge in [-0.3, -0.25) is 14.6 Å². The van der Waals surface area contributed by atoms with Crippen molar-refractivity contribution in [2.45, 2.75) is 57.0 Å². The van der Waals surface area contributed by atoms with E-state index < -0.39 is 5.54 Å². The van der Waals surface area contributed by atoms with E-state index in [0.717, 1.165) is 47.8 Å². The lowest BCUT2D eigenvalue weighted by Crippen LogP contribution is -2.59. The summed E-state index contributed by atoms with van der Waals surface area (Å²) in [6, 6.07) is 15.5. The van der Waals surface area contributed by atoms with E-state index in [1.165, 1.54) is 17.8 Å². The molecule has 36 heavy (non-hydrogen) atoms. The zero-order valence-corrected chi connectivity index (χ0v) is 21.3. The van der Waals surface area contributed by atoms with Crippen molar-refractivity contribution < 1.29 is 9.59 Å². The van der Waals surface area contributed by atoms with E-state index in [1.54, 1.807) is 17.6 Å². The number of carbonyl (C=O) groups is 2. The van der Waals surface area contributed by atoms with Crippen LogP contribution in [0.5, 0.6) is 0 Å². The number of para-hydroxylation sites is 1. The maximum Gasteiger partial charge on any atom is 0.252 e. The van der Waals surface area contributed by atoms with Crippen LogP contribution in [0.4, 0.5) is 0 Å². The second-order valence-corrected chi connectivity index (χ2v) is 10.7. The Morgan fingerprint density at radius 3 is 2.67 bits per heavy atom. The molecular formula is C29H32N4O2S. The van der Waals surface area contributed by atoms with Gasteiger partial charge in [0.2, 0.25) is 5.91 Å². The number of hydrogen-bond acceptors (Lipinski definition) is 4. The first-order chi connectivity index (χ1) is 17.5. The molecule has 1 unspecified atom stereocenters. The van der Waals surface area contributed by atoms with E-state index >= 15 is 0 Å². The second-order valence-electron chi connectivity index (χ2n) is 9.94. The van der Waals surface area contributed by atoms with Gasteiger partial charge in [-0.2, -0.15) is 11.3 Å². The monoisotopic (exact) mass is 500 g/mol. The van der Waals surface area contributed by atoms with Gasteiger partial charge >= 0.3 is 0 Å². The molecule has 1 aliphatic rings. The summed E-state index contributed by atoms with van der Waals surface area (Å²) in [4.78, 5) is 35.2. The van der Waals surface area contributed by atoms with Gasteiger partial charge in [-0.15, -0.1) is 0 Å². The fourth-order valence-electron chi connectivity index (χ4n) is 5.32. The van der Waals surface area contributed by atoms with Crippen molar-refractivity contribution in [2.24, 2.45) is 5.92 Å². The van der Waals surface area contributed by atoms with Gasteiger partial charge in [-0.1, -0.05) is 43.5 Å². The van der Waals surface area contributed by atoms with Crippen molar-refractivity contribution in [2.75, 3.05) is 0 Å². The Morgan fingerprint density at radius 2 is 1.92 bits per heavy atom. The summed E-state index contributed by atoms with van der Waals surface area (Å²) in [6.45, 7) is 1.82. The van der Waals surface area contributed by atoms with Gasteiger partial charge in [-0.05, 0) is 60.9 Å². The zero-order chi connectivity index (χ0) is 25.0. The van der Waals surface area contributed by atoms with Crippen molar-refractivity contribution in [3.05, 3.63) is 88.5 Å². The molecule has 4 aromatic rings. The standard InChI is InChI=1S/C29H32N4O2S/c1-29(33-27(34)21-14-16-36-19-21,17-22-18-31-24-12-6-5-11-23(22)24)28(35)32-26(20-9-3-2-4-10-20)25-13-7-8-15-30-25/h5-8,11-16,18-20,26,31H,2-4,9-10,17H2,1H3,(H,32,35)(H,33,34)/t26-,29?/m0/s1. The zero-order valence-electron chi connectivity index (χ0n) is 20.5. The Kier molecular flexibility index (Phi) is 7.18. The number of H-pyrrole nitrogens is 1. The highest BCUT2D eigenvalue weighted by Gasteiger charge is 2.39. The summed E-state index contributed by atoms with van der Waals surface area (Å²) < 4.78 is 0. The summed E-state index contributed by atoms with van der Waals surface area (Å²) in [5.41, 5.74) is 2.27. The van der Waals surface area contributed by atoms with E-state index in [-0.39, 0.29) is 17.9 Å². The van der Waals surface area contributed by atoms with Gasteiger partial charge in [0, 0.05) is 35.1 Å². The Hall–Kier alpha value is -3.45. The number of hydrogen-bond donors (Lipinski definition) is 3. The Bertz CT molecular complexity index is 1310. The number of fused-ring (bicyclic) bond motifs is 1. The fourth-order valence-corrected chi connectivity index (χ4v) is 5.95. The predicted octanol–water partition coefficient (Wildman–Crippen LogP) is 5.79. The van der Waals surface area contributed by atoms with Crippen LogP contribution in [-0.4, -0.2) is 27.3 Å². The lowest BCUT2D eigenvalue weighted by Gasteiger charge is -2.35. The molecule has 3 aromatic heterocycles. The number of thiophene rings is 1. The van der Waals surface area contributed by atoms with Crippen LogP contribution in [0, 0.1) is 5.92 Å². The number of benzene rings is 1. The number of rotatable bonds is 8. The van der Waals surface area contributed by atoms with Crippen molar-refractivity contribution >= 4 is 34.1 Å². The molecule has 2 amide bonds. The maximum absolute atomic E-state index is 14.1. The van der Waals surface area contributed by atoms with Crippen LogP contribution >= 0.6 is 11.3 Å². The summed E-state index contributed by atoms with van der Waals surface area (Å²) in [7, 11) is 0. The van der Waals surface area contributed by atoms with Gasteiger partial charge in [0.25, 0.3) is 5.91 Å². The van der Waals surface area contributed by atoms with Gasteiger partial charge < -0.3 is 15.6 Å². The van der Waals surface area contributed by atoms with Crippen molar-refractivity contribution in [3.63, 3.8) is 0 Å². The summed E-state index contributed by atoms with van der Waals surface area (Å²) in [5.74, 6) is -0.124. The highest BCUT2D eigenvalue weighted by Crippen LogP contribution is 2.34. The van der Waals surface area contributed by atoms with Crippen LogP contribution in [0.25, 0.3) is 10.9 Å². The first-order valence-electron chi connectivity index (χ1n) is 12.6. The molecule has 2 atom stereocenters. The first-order valence-corrected chi connectivity index (χ1v) is 13.6. The van der Waals surface area contributed by atoms with E-state index in [2.05, 4.69) is 20.6 Å². The average molecular weight is 501 g/mol. The number of aromatic amines is 1. The van der Waals surface area contributed by atoms with Crippen LogP contribution in [-0.2, 0) is 11.2 Å². The van der Waals surface area contributed by atoms with Crippen molar-refractivity contribution in [3.8, 4) is 0 Å². The van der Waals surface area contributed by atoms with Crippen LogP contribution in [0.2, 0.25) is 0 Å². The third-order valence-electron chi connectivity index (χ3n) is 7.31. The minimum Gasteiger partial charge on any atom is -0.361 e. The number of nitrogens with one attached hydrogen (secondary N) is 3. The smallest absolute Gasteiger partial charge is 0.252 e. The number of carbonyl (C=O) groups excluding carboxylic acids is 2. The molecule has 1 aromatic carbocycles. The van der Waals surface area contributed by atoms with E-state index in [1.807, 2.05) is 61.0 Å². The number of amides is 2. The molecule has 3 heterocycles. The quantitative estimate of drug-likeness (QED) is 0.286.